The number of para-hydroxylation sites is 1. The molecule has 9 heteroatoms. The fourth-order valence-electron chi connectivity index (χ4n) is 3.79. The molecule has 7 nitrogen and oxygen atoms in total. The molecule has 186 valence electrons. The topological polar surface area (TPSA) is 81.6 Å². The summed E-state index contributed by atoms with van der Waals surface area (Å²) in [5, 5.41) is 6.67. The lowest BCUT2D eigenvalue weighted by Crippen LogP contribution is -2.27. The molecule has 2 N–H and O–H groups in total. The van der Waals surface area contributed by atoms with Crippen LogP contribution in [0.3, 0.4) is 0 Å². The maximum atomic E-state index is 13.4. The van der Waals surface area contributed by atoms with Crippen LogP contribution >= 0.6 is 11.8 Å². The molecule has 0 aliphatic heterocycles. The van der Waals surface area contributed by atoms with Gasteiger partial charge in [-0.3, -0.25) is 9.59 Å². The lowest BCUT2D eigenvalue weighted by atomic mass is 10.2. The minimum atomic E-state index is -0.401. The number of halogens is 1. The predicted octanol–water partition coefficient (Wildman–Crippen LogP) is 4.96. The zero-order chi connectivity index (χ0) is 25.5. The molecular formula is C27H26FN3O4S. The zero-order valence-corrected chi connectivity index (χ0v) is 20.7. The molecule has 1 aromatic heterocycles. The van der Waals surface area contributed by atoms with E-state index in [1.165, 1.54) is 31.0 Å². The van der Waals surface area contributed by atoms with Gasteiger partial charge in [-0.25, -0.2) is 4.39 Å². The Hall–Kier alpha value is -3.98. The molecule has 36 heavy (non-hydrogen) atoms. The van der Waals surface area contributed by atoms with E-state index in [1.54, 1.807) is 37.4 Å². The molecule has 4 aromatic rings. The highest BCUT2D eigenvalue weighted by molar-refractivity contribution is 8.00. The zero-order valence-electron chi connectivity index (χ0n) is 19.9. The van der Waals surface area contributed by atoms with Crippen LogP contribution in [0.25, 0.3) is 10.9 Å². The van der Waals surface area contributed by atoms with Gasteiger partial charge < -0.3 is 24.7 Å². The lowest BCUT2D eigenvalue weighted by molar-refractivity contribution is -0.113. The van der Waals surface area contributed by atoms with Crippen molar-refractivity contribution in [2.24, 2.45) is 0 Å². The Balaban J connectivity index is 1.38. The van der Waals surface area contributed by atoms with Crippen molar-refractivity contribution in [2.75, 3.05) is 31.8 Å². The largest absolute Gasteiger partial charge is 0.493 e. The summed E-state index contributed by atoms with van der Waals surface area (Å²) >= 11 is 1.41. The van der Waals surface area contributed by atoms with Crippen molar-refractivity contribution in [3.8, 4) is 11.5 Å². The molecule has 0 spiro atoms. The number of carbonyl (C=O) groups excluding carboxylic acids is 2. The third kappa shape index (κ3) is 5.98. The number of ether oxygens (including phenoxy) is 2. The third-order valence-electron chi connectivity index (χ3n) is 5.50. The van der Waals surface area contributed by atoms with Gasteiger partial charge in [-0.1, -0.05) is 24.3 Å². The highest BCUT2D eigenvalue weighted by Crippen LogP contribution is 2.30. The summed E-state index contributed by atoms with van der Waals surface area (Å²) in [6.07, 6.45) is 1.98. The Morgan fingerprint density at radius 3 is 2.56 bits per heavy atom. The molecule has 2 amide bonds. The van der Waals surface area contributed by atoms with Gasteiger partial charge in [0.15, 0.2) is 11.5 Å². The van der Waals surface area contributed by atoms with Crippen LogP contribution in [0.1, 0.15) is 10.4 Å². The molecule has 0 saturated carbocycles. The molecule has 1 heterocycles. The van der Waals surface area contributed by atoms with Gasteiger partial charge in [-0.2, -0.15) is 0 Å². The fourth-order valence-corrected chi connectivity index (χ4v) is 4.68. The standard InChI is InChI=1S/C27H26FN3O4S/c1-34-23-11-10-18(14-24(23)35-2)27(33)29-12-13-31-16-25(21-8-3-4-9-22(21)31)36-17-26(32)30-20-7-5-6-19(28)15-20/h3-11,14-16H,12-13,17H2,1-2H3,(H,29,33)(H,30,32). The van der Waals surface area contributed by atoms with Gasteiger partial charge >= 0.3 is 0 Å². The summed E-state index contributed by atoms with van der Waals surface area (Å²) in [6.45, 7) is 0.964. The minimum absolute atomic E-state index is 0.181. The van der Waals surface area contributed by atoms with E-state index in [4.69, 9.17) is 9.47 Å². The second-order valence-corrected chi connectivity index (χ2v) is 8.89. The number of nitrogens with one attached hydrogen (secondary N) is 2. The Morgan fingerprint density at radius 2 is 1.78 bits per heavy atom. The second-order valence-electron chi connectivity index (χ2n) is 7.88. The van der Waals surface area contributed by atoms with E-state index < -0.39 is 5.82 Å². The number of hydrogen-bond acceptors (Lipinski definition) is 5. The molecule has 0 aliphatic rings. The number of nitrogens with zero attached hydrogens (tertiary/aromatic N) is 1. The molecule has 4 rings (SSSR count). The van der Waals surface area contributed by atoms with Crippen molar-refractivity contribution in [3.05, 3.63) is 84.3 Å². The number of hydrogen-bond donors (Lipinski definition) is 2. The minimum Gasteiger partial charge on any atom is -0.493 e. The first kappa shape index (κ1) is 25.1. The SMILES string of the molecule is COc1ccc(C(=O)NCCn2cc(SCC(=O)Nc3cccc(F)c3)c3ccccc32)cc1OC. The molecule has 0 atom stereocenters. The first-order valence-electron chi connectivity index (χ1n) is 11.2. The van der Waals surface area contributed by atoms with E-state index in [2.05, 4.69) is 15.2 Å². The molecule has 0 saturated heterocycles. The van der Waals surface area contributed by atoms with E-state index in [0.29, 0.717) is 35.8 Å². The van der Waals surface area contributed by atoms with E-state index in [1.807, 2.05) is 30.5 Å². The van der Waals surface area contributed by atoms with Crippen molar-refractivity contribution in [2.45, 2.75) is 11.4 Å². The normalized spacial score (nSPS) is 10.8. The summed E-state index contributed by atoms with van der Waals surface area (Å²) in [5.74, 6) is 0.398. The molecule has 0 unspecified atom stereocenters. The number of benzene rings is 3. The molecule has 0 radical (unpaired) electrons. The van der Waals surface area contributed by atoms with Crippen LogP contribution in [0.2, 0.25) is 0 Å². The average Bonchev–Trinajstić information content (AvgIpc) is 3.24. The number of thioether (sulfide) groups is 1. The van der Waals surface area contributed by atoms with Crippen LogP contribution in [0.15, 0.2) is 77.8 Å². The Morgan fingerprint density at radius 1 is 0.972 bits per heavy atom. The van der Waals surface area contributed by atoms with Crippen LogP contribution in [0, 0.1) is 5.82 Å². The quantitative estimate of drug-likeness (QED) is 0.297. The van der Waals surface area contributed by atoms with Crippen LogP contribution in [-0.4, -0.2) is 42.9 Å². The van der Waals surface area contributed by atoms with E-state index in [0.717, 1.165) is 15.8 Å². The molecule has 0 bridgehead atoms. The number of methoxy groups -OCH3 is 2. The van der Waals surface area contributed by atoms with Gasteiger partial charge in [-0.15, -0.1) is 11.8 Å². The number of aromatic nitrogens is 1. The van der Waals surface area contributed by atoms with E-state index in [9.17, 15) is 14.0 Å². The number of anilines is 1. The monoisotopic (exact) mass is 507 g/mol. The average molecular weight is 508 g/mol. The van der Waals surface area contributed by atoms with Crippen LogP contribution < -0.4 is 20.1 Å². The Kier molecular flexibility index (Phi) is 8.12. The third-order valence-corrected chi connectivity index (χ3v) is 6.55. The summed E-state index contributed by atoms with van der Waals surface area (Å²) in [5.41, 5.74) is 1.91. The van der Waals surface area contributed by atoms with Gasteiger partial charge in [0, 0.05) is 46.3 Å². The van der Waals surface area contributed by atoms with Crippen molar-refractivity contribution < 1.29 is 23.5 Å². The summed E-state index contributed by atoms with van der Waals surface area (Å²) in [4.78, 5) is 26.0. The Labute approximate surface area is 212 Å². The highest BCUT2D eigenvalue weighted by Gasteiger charge is 2.13. The molecule has 3 aromatic carbocycles. The predicted molar refractivity (Wildman–Crippen MR) is 140 cm³/mol. The molecular weight excluding hydrogens is 481 g/mol. The van der Waals surface area contributed by atoms with Crippen LogP contribution in [0.5, 0.6) is 11.5 Å². The van der Waals surface area contributed by atoms with Crippen LogP contribution in [-0.2, 0) is 11.3 Å². The van der Waals surface area contributed by atoms with Crippen molar-refractivity contribution in [1.82, 2.24) is 9.88 Å². The van der Waals surface area contributed by atoms with Gasteiger partial charge in [0.05, 0.1) is 20.0 Å². The van der Waals surface area contributed by atoms with Crippen molar-refractivity contribution >= 4 is 40.2 Å². The highest BCUT2D eigenvalue weighted by atomic mass is 32.2. The summed E-state index contributed by atoms with van der Waals surface area (Å²) in [6, 6.07) is 18.7. The summed E-state index contributed by atoms with van der Waals surface area (Å²) < 4.78 is 25.9. The maximum Gasteiger partial charge on any atom is 0.251 e. The van der Waals surface area contributed by atoms with Gasteiger partial charge in [-0.05, 0) is 42.5 Å². The van der Waals surface area contributed by atoms with Crippen molar-refractivity contribution in [3.63, 3.8) is 0 Å². The van der Waals surface area contributed by atoms with Gasteiger partial charge in [0.2, 0.25) is 5.91 Å². The number of rotatable bonds is 10. The van der Waals surface area contributed by atoms with Gasteiger partial charge in [0.25, 0.3) is 5.91 Å². The number of carbonyl (C=O) groups is 2. The lowest BCUT2D eigenvalue weighted by Gasteiger charge is -2.10. The summed E-state index contributed by atoms with van der Waals surface area (Å²) in [7, 11) is 3.07. The van der Waals surface area contributed by atoms with E-state index in [-0.39, 0.29) is 17.6 Å². The fraction of sp³-hybridized carbons (Fsp3) is 0.185. The Bertz CT molecular complexity index is 1390. The second kappa shape index (κ2) is 11.6. The van der Waals surface area contributed by atoms with E-state index >= 15 is 0 Å². The first-order valence-corrected chi connectivity index (χ1v) is 12.2. The van der Waals surface area contributed by atoms with Crippen molar-refractivity contribution in [1.29, 1.82) is 0 Å². The number of amides is 2. The molecule has 0 fully saturated rings. The maximum absolute atomic E-state index is 13.4. The number of fused-ring (bicyclic) bond motifs is 1. The van der Waals surface area contributed by atoms with Gasteiger partial charge in [0.1, 0.15) is 5.82 Å². The van der Waals surface area contributed by atoms with Crippen LogP contribution in [0.4, 0.5) is 10.1 Å². The molecule has 0 aliphatic carbocycles. The smallest absolute Gasteiger partial charge is 0.251 e. The first-order chi connectivity index (χ1) is 17.5.